The quantitative estimate of drug-likeness (QED) is 0.462. The number of thioether (sulfide) groups is 1. The second kappa shape index (κ2) is 10.1. The smallest absolute Gasteiger partial charge is 0.328 e. The maximum atomic E-state index is 13.8. The van der Waals surface area contributed by atoms with Gasteiger partial charge < -0.3 is 20.3 Å². The van der Waals surface area contributed by atoms with Crippen LogP contribution in [0, 0.1) is 28.6 Å². The molecule has 8 heteroatoms. The maximum Gasteiger partial charge on any atom is 0.328 e. The molecule has 0 radical (unpaired) electrons. The van der Waals surface area contributed by atoms with Crippen molar-refractivity contribution in [1.29, 1.82) is 0 Å². The normalized spacial score (nSPS) is 26.0. The number of nitrogens with zero attached hydrogens (tertiary/aromatic N) is 1. The second-order valence-electron chi connectivity index (χ2n) is 13.9. The lowest BCUT2D eigenvalue weighted by molar-refractivity contribution is -0.154. The largest absolute Gasteiger partial charge is 0.467 e. The van der Waals surface area contributed by atoms with E-state index in [4.69, 9.17) is 4.74 Å². The molecule has 5 atom stereocenters. The van der Waals surface area contributed by atoms with Crippen LogP contribution in [0.3, 0.4) is 0 Å². The number of ether oxygens (including phenoxy) is 1. The van der Waals surface area contributed by atoms with Gasteiger partial charge in [-0.3, -0.25) is 4.79 Å². The Morgan fingerprint density at radius 3 is 2.11 bits per heavy atom. The van der Waals surface area contributed by atoms with Gasteiger partial charge in [-0.05, 0) is 36.0 Å². The molecule has 0 aromatic rings. The predicted molar refractivity (Wildman–Crippen MR) is 143 cm³/mol. The predicted octanol–water partition coefficient (Wildman–Crippen LogP) is 4.69. The van der Waals surface area contributed by atoms with E-state index in [1.807, 2.05) is 32.5 Å². The highest BCUT2D eigenvalue weighted by Gasteiger charge is 2.70. The minimum absolute atomic E-state index is 0.0149. The van der Waals surface area contributed by atoms with E-state index in [0.29, 0.717) is 12.5 Å². The molecule has 1 aliphatic carbocycles. The number of hydrogen-bond acceptors (Lipinski definition) is 5. The minimum Gasteiger partial charge on any atom is -0.467 e. The monoisotopic (exact) mass is 511 g/mol. The third-order valence-corrected chi connectivity index (χ3v) is 9.07. The summed E-state index contributed by atoms with van der Waals surface area (Å²) in [5.41, 5.74) is -0.942. The Kier molecular flexibility index (Phi) is 8.63. The first-order valence-electron chi connectivity index (χ1n) is 12.8. The molecule has 1 heterocycles. The number of fused-ring (bicyclic) bond motifs is 1. The average molecular weight is 512 g/mol. The minimum atomic E-state index is -0.770. The molecular formula is C27H49N3O4S. The van der Waals surface area contributed by atoms with Gasteiger partial charge >= 0.3 is 12.0 Å². The molecule has 0 aromatic heterocycles. The average Bonchev–Trinajstić information content (AvgIpc) is 3.02. The summed E-state index contributed by atoms with van der Waals surface area (Å²) in [5, 5.41) is 6.17. The van der Waals surface area contributed by atoms with Gasteiger partial charge in [-0.15, -0.1) is 0 Å². The summed E-state index contributed by atoms with van der Waals surface area (Å²) in [5.74, 6) is 0.941. The van der Waals surface area contributed by atoms with Crippen LogP contribution in [0.5, 0.6) is 0 Å². The first-order chi connectivity index (χ1) is 15.7. The van der Waals surface area contributed by atoms with E-state index >= 15 is 0 Å². The van der Waals surface area contributed by atoms with Crippen LogP contribution in [0.1, 0.15) is 82.6 Å². The van der Waals surface area contributed by atoms with Crippen molar-refractivity contribution in [3.8, 4) is 0 Å². The van der Waals surface area contributed by atoms with Gasteiger partial charge in [-0.1, -0.05) is 69.2 Å². The number of methoxy groups -OCH3 is 1. The Labute approximate surface area is 217 Å². The number of piperidine rings is 1. The zero-order chi connectivity index (χ0) is 27.1. The molecule has 0 aromatic carbocycles. The standard InChI is InChI=1S/C27H49N3O4S/c1-16(2)13-27(11,15-35-25(6,7)8)29-23(33)28-20(24(3,4)5)21(31)30-14-17-18(26(17,9)10)19(30)22(32)34-12/h16-20H,13-15H2,1-12H3,(H2,28,29,33)/t17?,18-,19-,20+,27-/m0/s1. The molecule has 2 N–H and O–H groups in total. The first kappa shape index (κ1) is 29.8. The molecule has 2 rings (SSSR count). The number of carbonyl (C=O) groups is 3. The van der Waals surface area contributed by atoms with Crippen molar-refractivity contribution in [2.45, 2.75) is 105 Å². The Morgan fingerprint density at radius 2 is 1.66 bits per heavy atom. The van der Waals surface area contributed by atoms with E-state index in [9.17, 15) is 14.4 Å². The number of esters is 1. The SMILES string of the molecule is COC(=O)[C@@H]1[C@@H]2C(CN1C(=O)[C@@H](NC(=O)N[C@](C)(CSC(C)(C)C)CC(C)C)C(C)(C)C)C2(C)C. The molecule has 0 bridgehead atoms. The molecule has 35 heavy (non-hydrogen) atoms. The van der Waals surface area contributed by atoms with Gasteiger partial charge in [-0.25, -0.2) is 9.59 Å². The molecule has 2 aliphatic rings. The fourth-order valence-corrected chi connectivity index (χ4v) is 6.52. The van der Waals surface area contributed by atoms with Crippen LogP contribution < -0.4 is 10.6 Å². The lowest BCUT2D eigenvalue weighted by atomic mass is 9.85. The van der Waals surface area contributed by atoms with Crippen molar-refractivity contribution >= 4 is 29.7 Å². The first-order valence-corrected chi connectivity index (χ1v) is 13.8. The van der Waals surface area contributed by atoms with Crippen LogP contribution in [-0.4, -0.2) is 64.6 Å². The van der Waals surface area contributed by atoms with E-state index in [0.717, 1.165) is 12.2 Å². The third-order valence-electron chi connectivity index (χ3n) is 7.42. The van der Waals surface area contributed by atoms with Crippen LogP contribution in [0.25, 0.3) is 0 Å². The van der Waals surface area contributed by atoms with E-state index in [2.05, 4.69) is 66.0 Å². The van der Waals surface area contributed by atoms with Gasteiger partial charge in [-0.2, -0.15) is 11.8 Å². The van der Waals surface area contributed by atoms with Crippen LogP contribution >= 0.6 is 11.8 Å². The highest BCUT2D eigenvalue weighted by atomic mass is 32.2. The van der Waals surface area contributed by atoms with Crippen LogP contribution in [0.2, 0.25) is 0 Å². The van der Waals surface area contributed by atoms with Gasteiger partial charge in [0.2, 0.25) is 5.91 Å². The van der Waals surface area contributed by atoms with Crippen molar-refractivity contribution in [2.24, 2.45) is 28.6 Å². The van der Waals surface area contributed by atoms with Crippen molar-refractivity contribution < 1.29 is 19.1 Å². The Bertz CT molecular complexity index is 814. The van der Waals surface area contributed by atoms with Gasteiger partial charge in [0.15, 0.2) is 0 Å². The zero-order valence-corrected chi connectivity index (χ0v) is 24.8. The van der Waals surface area contributed by atoms with Crippen molar-refractivity contribution in [2.75, 3.05) is 19.4 Å². The molecule has 202 valence electrons. The summed E-state index contributed by atoms with van der Waals surface area (Å²) in [7, 11) is 1.37. The van der Waals surface area contributed by atoms with Gasteiger partial charge in [0, 0.05) is 28.5 Å². The van der Waals surface area contributed by atoms with Gasteiger partial charge in [0.05, 0.1) is 7.11 Å². The van der Waals surface area contributed by atoms with E-state index in [-0.39, 0.29) is 39.9 Å². The van der Waals surface area contributed by atoms with Crippen molar-refractivity contribution in [3.63, 3.8) is 0 Å². The molecule has 3 amide bonds. The van der Waals surface area contributed by atoms with Crippen molar-refractivity contribution in [1.82, 2.24) is 15.5 Å². The second-order valence-corrected chi connectivity index (χ2v) is 15.7. The summed E-state index contributed by atoms with van der Waals surface area (Å²) < 4.78 is 5.15. The zero-order valence-electron chi connectivity index (χ0n) is 24.0. The maximum absolute atomic E-state index is 13.8. The molecular weight excluding hydrogens is 462 g/mol. The number of hydrogen-bond donors (Lipinski definition) is 2. The third kappa shape index (κ3) is 7.07. The molecule has 1 saturated heterocycles. The lowest BCUT2D eigenvalue weighted by Crippen LogP contribution is -2.62. The van der Waals surface area contributed by atoms with Crippen LogP contribution in [0.15, 0.2) is 0 Å². The number of amides is 3. The Hall–Kier alpha value is -1.44. The van der Waals surface area contributed by atoms with E-state index in [1.165, 1.54) is 7.11 Å². The lowest BCUT2D eigenvalue weighted by Gasteiger charge is -2.39. The summed E-state index contributed by atoms with van der Waals surface area (Å²) in [4.78, 5) is 41.4. The molecule has 1 unspecified atom stereocenters. The van der Waals surface area contributed by atoms with Gasteiger partial charge in [0.1, 0.15) is 12.1 Å². The molecule has 1 saturated carbocycles. The number of likely N-dealkylation sites (tertiary alicyclic amines) is 1. The Morgan fingerprint density at radius 1 is 1.09 bits per heavy atom. The number of carbonyl (C=O) groups excluding carboxylic acids is 3. The highest BCUT2D eigenvalue weighted by molar-refractivity contribution is 8.00. The number of urea groups is 1. The van der Waals surface area contributed by atoms with Crippen LogP contribution in [0.4, 0.5) is 4.79 Å². The number of nitrogens with one attached hydrogen (secondary N) is 2. The van der Waals surface area contributed by atoms with Crippen LogP contribution in [-0.2, 0) is 14.3 Å². The topological polar surface area (TPSA) is 87.7 Å². The molecule has 7 nitrogen and oxygen atoms in total. The molecule has 0 spiro atoms. The summed E-state index contributed by atoms with van der Waals surface area (Å²) >= 11 is 1.82. The summed E-state index contributed by atoms with van der Waals surface area (Å²) in [6, 6.07) is -1.72. The highest BCUT2D eigenvalue weighted by Crippen LogP contribution is 2.65. The fourth-order valence-electron chi connectivity index (χ4n) is 5.58. The fraction of sp³-hybridized carbons (Fsp3) is 0.889. The Balaban J connectivity index is 2.21. The molecule has 2 fully saturated rings. The molecule has 1 aliphatic heterocycles. The summed E-state index contributed by atoms with van der Waals surface area (Å²) in [6.45, 7) is 23.5. The summed E-state index contributed by atoms with van der Waals surface area (Å²) in [6.07, 6.45) is 0.826. The van der Waals surface area contributed by atoms with E-state index in [1.54, 1.807) is 4.90 Å². The van der Waals surface area contributed by atoms with Gasteiger partial charge in [0.25, 0.3) is 0 Å². The van der Waals surface area contributed by atoms with E-state index < -0.39 is 23.0 Å². The number of rotatable bonds is 8. The van der Waals surface area contributed by atoms with Crippen molar-refractivity contribution in [3.05, 3.63) is 0 Å².